The van der Waals surface area contributed by atoms with E-state index in [1.807, 2.05) is 31.4 Å². The standard InChI is InChI=1S/C27H35F2N5O2S/c1-17(25(28)29)36-27-31-23-11-14-34(15-12-24(23)37-27)13-10-18-6-8-19(9-7-18)30-26(35)20-4-3-5-22-21(20)16-33(2)32-22/h3-5,16-19,25H,6-15H2,1-2H3,(H,30,35). The third kappa shape index (κ3) is 6.29. The van der Waals surface area contributed by atoms with Crippen molar-refractivity contribution in [2.45, 2.75) is 70.4 Å². The van der Waals surface area contributed by atoms with Crippen molar-refractivity contribution in [1.29, 1.82) is 0 Å². The van der Waals surface area contributed by atoms with Gasteiger partial charge in [-0.05, 0) is 70.0 Å². The number of hydrogen-bond donors (Lipinski definition) is 1. The van der Waals surface area contributed by atoms with Gasteiger partial charge in [-0.1, -0.05) is 17.4 Å². The molecule has 7 nitrogen and oxygen atoms in total. The lowest BCUT2D eigenvalue weighted by Gasteiger charge is -2.30. The number of nitrogens with one attached hydrogen (secondary N) is 1. The normalized spacial score (nSPS) is 21.5. The number of carbonyl (C=O) groups excluding carboxylic acids is 1. The minimum absolute atomic E-state index is 0.00934. The Hall–Kier alpha value is -2.59. The van der Waals surface area contributed by atoms with E-state index in [9.17, 15) is 13.6 Å². The molecule has 200 valence electrons. The summed E-state index contributed by atoms with van der Waals surface area (Å²) in [6.45, 7) is 4.34. The summed E-state index contributed by atoms with van der Waals surface area (Å²) in [5, 5.41) is 8.92. The molecule has 1 saturated carbocycles. The van der Waals surface area contributed by atoms with Gasteiger partial charge in [-0.15, -0.1) is 0 Å². The molecule has 37 heavy (non-hydrogen) atoms. The lowest BCUT2D eigenvalue weighted by Crippen LogP contribution is -2.38. The molecule has 0 saturated heterocycles. The fourth-order valence-electron chi connectivity index (χ4n) is 5.45. The molecule has 3 heterocycles. The van der Waals surface area contributed by atoms with E-state index in [0.717, 1.165) is 86.1 Å². The fraction of sp³-hybridized carbons (Fsp3) is 0.593. The third-order valence-corrected chi connectivity index (χ3v) is 8.71. The Balaban J connectivity index is 1.05. The maximum Gasteiger partial charge on any atom is 0.274 e. The first-order valence-corrected chi connectivity index (χ1v) is 14.1. The number of benzene rings is 1. The first kappa shape index (κ1) is 26.0. The molecule has 1 N–H and O–H groups in total. The van der Waals surface area contributed by atoms with Crippen molar-refractivity contribution >= 4 is 28.1 Å². The van der Waals surface area contributed by atoms with Gasteiger partial charge in [-0.25, -0.2) is 13.8 Å². The Bertz CT molecular complexity index is 1200. The monoisotopic (exact) mass is 531 g/mol. The molecule has 1 aliphatic heterocycles. The molecule has 3 aromatic rings. The first-order chi connectivity index (χ1) is 17.9. The Kier molecular flexibility index (Phi) is 8.04. The van der Waals surface area contributed by atoms with Crippen LogP contribution < -0.4 is 10.1 Å². The average molecular weight is 532 g/mol. The van der Waals surface area contributed by atoms with Gasteiger partial charge in [0.25, 0.3) is 17.5 Å². The number of amides is 1. The van der Waals surface area contributed by atoms with Crippen LogP contribution in [0.4, 0.5) is 8.78 Å². The van der Waals surface area contributed by atoms with Gasteiger partial charge in [0.2, 0.25) is 0 Å². The van der Waals surface area contributed by atoms with Crippen LogP contribution in [0.15, 0.2) is 24.4 Å². The van der Waals surface area contributed by atoms with Crippen LogP contribution in [-0.2, 0) is 19.9 Å². The molecule has 0 bridgehead atoms. The summed E-state index contributed by atoms with van der Waals surface area (Å²) >= 11 is 1.42. The lowest BCUT2D eigenvalue weighted by molar-refractivity contribution is 0.0224. The quantitative estimate of drug-likeness (QED) is 0.450. The third-order valence-electron chi connectivity index (χ3n) is 7.66. The van der Waals surface area contributed by atoms with Crippen LogP contribution in [0.3, 0.4) is 0 Å². The van der Waals surface area contributed by atoms with Crippen molar-refractivity contribution in [3.05, 3.63) is 40.5 Å². The molecule has 2 aromatic heterocycles. The highest BCUT2D eigenvalue weighted by atomic mass is 32.1. The first-order valence-electron chi connectivity index (χ1n) is 13.2. The second-order valence-electron chi connectivity index (χ2n) is 10.4. The van der Waals surface area contributed by atoms with Crippen LogP contribution in [0.1, 0.15) is 60.0 Å². The van der Waals surface area contributed by atoms with Gasteiger partial charge in [-0.3, -0.25) is 9.48 Å². The van der Waals surface area contributed by atoms with Gasteiger partial charge in [-0.2, -0.15) is 5.10 Å². The zero-order valence-corrected chi connectivity index (χ0v) is 22.3. The van der Waals surface area contributed by atoms with Crippen LogP contribution in [0.25, 0.3) is 10.9 Å². The number of hydrogen-bond acceptors (Lipinski definition) is 6. The van der Waals surface area contributed by atoms with Gasteiger partial charge in [0.05, 0.1) is 16.8 Å². The number of halogens is 2. The SMILES string of the molecule is CC(Oc1nc2c(s1)CCN(CCC1CCC(NC(=O)c3cccc4nn(C)cc34)CC1)CC2)C(F)F. The topological polar surface area (TPSA) is 72.3 Å². The van der Waals surface area contributed by atoms with E-state index in [1.165, 1.54) is 18.3 Å². The van der Waals surface area contributed by atoms with E-state index >= 15 is 0 Å². The van der Waals surface area contributed by atoms with Crippen LogP contribution in [0.5, 0.6) is 5.19 Å². The van der Waals surface area contributed by atoms with Crippen molar-refractivity contribution in [3.63, 3.8) is 0 Å². The number of ether oxygens (including phenoxy) is 1. The van der Waals surface area contributed by atoms with E-state index in [1.54, 1.807) is 4.68 Å². The number of alkyl halides is 2. The Morgan fingerprint density at radius 3 is 2.78 bits per heavy atom. The number of thiazole rings is 1. The molecule has 1 amide bonds. The smallest absolute Gasteiger partial charge is 0.274 e. The van der Waals surface area contributed by atoms with Crippen molar-refractivity contribution in [2.75, 3.05) is 19.6 Å². The van der Waals surface area contributed by atoms with Crippen molar-refractivity contribution < 1.29 is 18.3 Å². The molecule has 0 radical (unpaired) electrons. The minimum atomic E-state index is -2.51. The van der Waals surface area contributed by atoms with Gasteiger partial charge in [0.15, 0.2) is 6.10 Å². The van der Waals surface area contributed by atoms with Crippen LogP contribution in [0, 0.1) is 5.92 Å². The molecule has 0 spiro atoms. The zero-order chi connectivity index (χ0) is 25.9. The van der Waals surface area contributed by atoms with Crippen LogP contribution >= 0.6 is 11.3 Å². The van der Waals surface area contributed by atoms with Gasteiger partial charge in [0, 0.05) is 49.1 Å². The second kappa shape index (κ2) is 11.4. The predicted molar refractivity (Wildman–Crippen MR) is 141 cm³/mol. The second-order valence-corrected chi connectivity index (χ2v) is 11.4. The Morgan fingerprint density at radius 2 is 2.00 bits per heavy atom. The number of rotatable bonds is 8. The molecular weight excluding hydrogens is 496 g/mol. The maximum absolute atomic E-state index is 13.0. The Morgan fingerprint density at radius 1 is 1.22 bits per heavy atom. The van der Waals surface area contributed by atoms with Crippen molar-refractivity contribution in [3.8, 4) is 5.19 Å². The molecule has 1 fully saturated rings. The van der Waals surface area contributed by atoms with Gasteiger partial charge in [0.1, 0.15) is 0 Å². The number of aryl methyl sites for hydroxylation is 1. The highest BCUT2D eigenvalue weighted by molar-refractivity contribution is 7.13. The van der Waals surface area contributed by atoms with E-state index in [0.29, 0.717) is 16.7 Å². The molecule has 5 rings (SSSR count). The summed E-state index contributed by atoms with van der Waals surface area (Å²) in [6.07, 6.45) is 5.44. The van der Waals surface area contributed by atoms with E-state index in [2.05, 4.69) is 20.3 Å². The molecule has 10 heteroatoms. The summed E-state index contributed by atoms with van der Waals surface area (Å²) in [5.41, 5.74) is 2.54. The minimum Gasteiger partial charge on any atom is -0.461 e. The van der Waals surface area contributed by atoms with E-state index in [4.69, 9.17) is 4.74 Å². The highest BCUT2D eigenvalue weighted by Crippen LogP contribution is 2.31. The molecule has 2 aliphatic rings. The maximum atomic E-state index is 13.0. The van der Waals surface area contributed by atoms with Gasteiger partial charge >= 0.3 is 0 Å². The van der Waals surface area contributed by atoms with Crippen molar-refractivity contribution in [1.82, 2.24) is 25.0 Å². The number of carbonyl (C=O) groups is 1. The number of nitrogens with zero attached hydrogens (tertiary/aromatic N) is 4. The summed E-state index contributed by atoms with van der Waals surface area (Å²) in [4.78, 5) is 21.1. The summed E-state index contributed by atoms with van der Waals surface area (Å²) < 4.78 is 32.6. The summed E-state index contributed by atoms with van der Waals surface area (Å²) in [7, 11) is 1.87. The lowest BCUT2D eigenvalue weighted by atomic mass is 9.84. The highest BCUT2D eigenvalue weighted by Gasteiger charge is 2.26. The molecule has 1 aliphatic carbocycles. The largest absolute Gasteiger partial charge is 0.461 e. The molecular formula is C27H35F2N5O2S. The molecule has 1 unspecified atom stereocenters. The predicted octanol–water partition coefficient (Wildman–Crippen LogP) is 4.84. The summed E-state index contributed by atoms with van der Waals surface area (Å²) in [6, 6.07) is 5.92. The average Bonchev–Trinajstić information content (AvgIpc) is 3.40. The summed E-state index contributed by atoms with van der Waals surface area (Å²) in [5.74, 6) is 0.672. The molecule has 1 aromatic carbocycles. The molecule has 1 atom stereocenters. The fourth-order valence-corrected chi connectivity index (χ4v) is 6.48. The zero-order valence-electron chi connectivity index (χ0n) is 21.5. The van der Waals surface area contributed by atoms with Gasteiger partial charge < -0.3 is 15.0 Å². The van der Waals surface area contributed by atoms with Crippen LogP contribution in [0.2, 0.25) is 0 Å². The van der Waals surface area contributed by atoms with E-state index in [-0.39, 0.29) is 11.9 Å². The van der Waals surface area contributed by atoms with Crippen LogP contribution in [-0.4, -0.2) is 63.8 Å². The number of fused-ring (bicyclic) bond motifs is 2. The number of aromatic nitrogens is 3. The van der Waals surface area contributed by atoms with E-state index < -0.39 is 12.5 Å². The van der Waals surface area contributed by atoms with Crippen molar-refractivity contribution in [2.24, 2.45) is 13.0 Å². The Labute approximate surface area is 220 Å².